The molecule has 1 saturated heterocycles. The number of carbonyl (C=O) groups is 1. The van der Waals surface area contributed by atoms with Crippen molar-refractivity contribution >= 4 is 16.9 Å². The SMILES string of the molecule is O=C(NC1CCCC1)N1CCN(Cc2nc3ccccc3c(=O)[nH]2)CC1. The Morgan fingerprint density at radius 2 is 1.88 bits per heavy atom. The third-order valence-electron chi connectivity index (χ3n) is 5.38. The van der Waals surface area contributed by atoms with E-state index in [2.05, 4.69) is 20.2 Å². The first-order valence-electron chi connectivity index (χ1n) is 9.45. The van der Waals surface area contributed by atoms with Gasteiger partial charge in [0.05, 0.1) is 17.4 Å². The summed E-state index contributed by atoms with van der Waals surface area (Å²) in [6.45, 7) is 3.58. The second kappa shape index (κ2) is 7.45. The highest BCUT2D eigenvalue weighted by Gasteiger charge is 2.24. The minimum atomic E-state index is -0.0971. The van der Waals surface area contributed by atoms with Gasteiger partial charge in [0.25, 0.3) is 5.56 Å². The van der Waals surface area contributed by atoms with Crippen LogP contribution in [0, 0.1) is 0 Å². The van der Waals surface area contributed by atoms with Crippen molar-refractivity contribution in [3.63, 3.8) is 0 Å². The number of hydrogen-bond acceptors (Lipinski definition) is 4. The van der Waals surface area contributed by atoms with Crippen LogP contribution < -0.4 is 10.9 Å². The van der Waals surface area contributed by atoms with Crippen molar-refractivity contribution in [2.75, 3.05) is 26.2 Å². The van der Waals surface area contributed by atoms with Gasteiger partial charge < -0.3 is 15.2 Å². The Morgan fingerprint density at radius 3 is 2.65 bits per heavy atom. The summed E-state index contributed by atoms with van der Waals surface area (Å²) in [5.74, 6) is 0.678. The van der Waals surface area contributed by atoms with Gasteiger partial charge >= 0.3 is 6.03 Å². The number of H-pyrrole nitrogens is 1. The molecule has 0 spiro atoms. The number of aromatic nitrogens is 2. The maximum absolute atomic E-state index is 12.3. The molecule has 7 nitrogen and oxygen atoms in total. The lowest BCUT2D eigenvalue weighted by atomic mass is 10.2. The molecular weight excluding hydrogens is 330 g/mol. The van der Waals surface area contributed by atoms with E-state index in [4.69, 9.17) is 0 Å². The number of nitrogens with zero attached hydrogens (tertiary/aromatic N) is 3. The molecule has 1 aromatic carbocycles. The number of para-hydroxylation sites is 1. The van der Waals surface area contributed by atoms with Crippen LogP contribution in [0.3, 0.4) is 0 Å². The zero-order valence-corrected chi connectivity index (χ0v) is 14.9. The number of rotatable bonds is 3. The Balaban J connectivity index is 1.33. The minimum absolute atomic E-state index is 0.0637. The quantitative estimate of drug-likeness (QED) is 0.878. The van der Waals surface area contributed by atoms with Crippen molar-refractivity contribution < 1.29 is 4.79 Å². The number of aromatic amines is 1. The highest BCUT2D eigenvalue weighted by molar-refractivity contribution is 5.77. The van der Waals surface area contributed by atoms with Gasteiger partial charge in [-0.2, -0.15) is 0 Å². The monoisotopic (exact) mass is 355 g/mol. The molecule has 1 aromatic heterocycles. The summed E-state index contributed by atoms with van der Waals surface area (Å²) in [7, 11) is 0. The molecule has 138 valence electrons. The van der Waals surface area contributed by atoms with Crippen molar-refractivity contribution in [2.24, 2.45) is 0 Å². The number of hydrogen-bond donors (Lipinski definition) is 2. The number of benzene rings is 1. The van der Waals surface area contributed by atoms with E-state index in [1.165, 1.54) is 12.8 Å². The summed E-state index contributed by atoms with van der Waals surface area (Å²) in [5, 5.41) is 3.76. The number of amides is 2. The molecule has 2 aromatic rings. The molecule has 0 atom stereocenters. The van der Waals surface area contributed by atoms with Crippen LogP contribution in [-0.4, -0.2) is 58.0 Å². The number of piperazine rings is 1. The average Bonchev–Trinajstić information content (AvgIpc) is 3.15. The van der Waals surface area contributed by atoms with Gasteiger partial charge in [0.2, 0.25) is 0 Å². The van der Waals surface area contributed by atoms with E-state index in [0.29, 0.717) is 36.9 Å². The van der Waals surface area contributed by atoms with Crippen LogP contribution in [0.25, 0.3) is 10.9 Å². The maximum atomic E-state index is 12.3. The minimum Gasteiger partial charge on any atom is -0.335 e. The molecule has 1 saturated carbocycles. The Labute approximate surface area is 152 Å². The fraction of sp³-hybridized carbons (Fsp3) is 0.526. The van der Waals surface area contributed by atoms with Crippen LogP contribution >= 0.6 is 0 Å². The molecule has 1 aliphatic carbocycles. The molecular formula is C19H25N5O2. The highest BCUT2D eigenvalue weighted by atomic mass is 16.2. The Hall–Kier alpha value is -2.41. The van der Waals surface area contributed by atoms with E-state index in [1.54, 1.807) is 6.07 Å². The van der Waals surface area contributed by atoms with E-state index in [9.17, 15) is 9.59 Å². The van der Waals surface area contributed by atoms with Gasteiger partial charge in [-0.15, -0.1) is 0 Å². The van der Waals surface area contributed by atoms with Gasteiger partial charge in [0.15, 0.2) is 0 Å². The largest absolute Gasteiger partial charge is 0.335 e. The van der Waals surface area contributed by atoms with Gasteiger partial charge in [-0.25, -0.2) is 9.78 Å². The Bertz CT molecular complexity index is 835. The van der Waals surface area contributed by atoms with Crippen LogP contribution in [-0.2, 0) is 6.54 Å². The lowest BCUT2D eigenvalue weighted by molar-refractivity contribution is 0.131. The first kappa shape index (κ1) is 17.0. The molecule has 0 unspecified atom stereocenters. The topological polar surface area (TPSA) is 81.3 Å². The number of carbonyl (C=O) groups excluding carboxylic acids is 1. The molecule has 4 rings (SSSR count). The van der Waals surface area contributed by atoms with E-state index >= 15 is 0 Å². The van der Waals surface area contributed by atoms with Crippen LogP contribution in [0.4, 0.5) is 4.79 Å². The third-order valence-corrected chi connectivity index (χ3v) is 5.38. The molecule has 0 bridgehead atoms. The summed E-state index contributed by atoms with van der Waals surface area (Å²) in [6.07, 6.45) is 4.64. The van der Waals surface area contributed by atoms with Crippen molar-refractivity contribution in [1.29, 1.82) is 0 Å². The van der Waals surface area contributed by atoms with Gasteiger partial charge in [0, 0.05) is 32.2 Å². The molecule has 1 aliphatic heterocycles. The van der Waals surface area contributed by atoms with Crippen LogP contribution in [0.5, 0.6) is 0 Å². The summed E-state index contributed by atoms with van der Waals surface area (Å²) in [5.41, 5.74) is 0.626. The van der Waals surface area contributed by atoms with E-state index in [-0.39, 0.29) is 11.6 Å². The van der Waals surface area contributed by atoms with Crippen molar-refractivity contribution in [2.45, 2.75) is 38.3 Å². The molecule has 2 aliphatic rings. The van der Waals surface area contributed by atoms with Crippen LogP contribution in [0.2, 0.25) is 0 Å². The zero-order valence-electron chi connectivity index (χ0n) is 14.9. The lowest BCUT2D eigenvalue weighted by Gasteiger charge is -2.35. The third kappa shape index (κ3) is 3.72. The van der Waals surface area contributed by atoms with Gasteiger partial charge in [-0.3, -0.25) is 9.69 Å². The van der Waals surface area contributed by atoms with Crippen molar-refractivity contribution in [1.82, 2.24) is 25.1 Å². The van der Waals surface area contributed by atoms with Gasteiger partial charge in [0.1, 0.15) is 5.82 Å². The normalized spacial score (nSPS) is 19.2. The average molecular weight is 355 g/mol. The number of fused-ring (bicyclic) bond motifs is 1. The molecule has 26 heavy (non-hydrogen) atoms. The molecule has 2 N–H and O–H groups in total. The second-order valence-electron chi connectivity index (χ2n) is 7.22. The Morgan fingerprint density at radius 1 is 1.15 bits per heavy atom. The molecule has 2 fully saturated rings. The van der Waals surface area contributed by atoms with Gasteiger partial charge in [-0.05, 0) is 25.0 Å². The zero-order chi connectivity index (χ0) is 17.9. The lowest BCUT2D eigenvalue weighted by Crippen LogP contribution is -2.53. The molecule has 2 heterocycles. The molecule has 2 amide bonds. The summed E-state index contributed by atoms with van der Waals surface area (Å²) in [6, 6.07) is 7.79. The predicted molar refractivity (Wildman–Crippen MR) is 100 cm³/mol. The van der Waals surface area contributed by atoms with Crippen LogP contribution in [0.15, 0.2) is 29.1 Å². The van der Waals surface area contributed by atoms with Gasteiger partial charge in [-0.1, -0.05) is 25.0 Å². The number of nitrogens with one attached hydrogen (secondary N) is 2. The summed E-state index contributed by atoms with van der Waals surface area (Å²) in [4.78, 5) is 36.1. The highest BCUT2D eigenvalue weighted by Crippen LogP contribution is 2.18. The van der Waals surface area contributed by atoms with Crippen molar-refractivity contribution in [3.05, 3.63) is 40.4 Å². The van der Waals surface area contributed by atoms with E-state index in [1.807, 2.05) is 23.1 Å². The van der Waals surface area contributed by atoms with E-state index < -0.39 is 0 Å². The standard InChI is InChI=1S/C19H25N5O2/c25-18-15-7-3-4-8-16(15)21-17(22-18)13-23-9-11-24(12-10-23)19(26)20-14-5-1-2-6-14/h3-4,7-8,14H,1-2,5-6,9-13H2,(H,20,26)(H,21,22,25). The van der Waals surface area contributed by atoms with Crippen LogP contribution in [0.1, 0.15) is 31.5 Å². The molecule has 0 radical (unpaired) electrons. The fourth-order valence-corrected chi connectivity index (χ4v) is 3.87. The molecule has 7 heteroatoms. The first-order chi connectivity index (χ1) is 12.7. The first-order valence-corrected chi connectivity index (χ1v) is 9.45. The van der Waals surface area contributed by atoms with E-state index in [0.717, 1.165) is 31.4 Å². The second-order valence-corrected chi connectivity index (χ2v) is 7.22. The summed E-state index contributed by atoms with van der Waals surface area (Å²) >= 11 is 0. The van der Waals surface area contributed by atoms with Crippen molar-refractivity contribution in [3.8, 4) is 0 Å². The maximum Gasteiger partial charge on any atom is 0.317 e. The summed E-state index contributed by atoms with van der Waals surface area (Å²) < 4.78 is 0. The smallest absolute Gasteiger partial charge is 0.317 e. The number of urea groups is 1. The Kier molecular flexibility index (Phi) is 4.88. The predicted octanol–water partition coefficient (Wildman–Crippen LogP) is 1.69. The fourth-order valence-electron chi connectivity index (χ4n) is 3.87.